The Morgan fingerprint density at radius 3 is 2.57 bits per heavy atom. The highest BCUT2D eigenvalue weighted by atomic mass is 35.5. The van der Waals surface area contributed by atoms with Crippen LogP contribution in [0.4, 0.5) is 4.39 Å². The summed E-state index contributed by atoms with van der Waals surface area (Å²) in [4.78, 5) is 14.8. The molecule has 3 nitrogen and oxygen atoms in total. The molecule has 5 heteroatoms. The Morgan fingerprint density at radius 2 is 1.96 bits per heavy atom. The van der Waals surface area contributed by atoms with Crippen LogP contribution in [0, 0.1) is 17.2 Å². The number of rotatable bonds is 5. The van der Waals surface area contributed by atoms with Crippen molar-refractivity contribution >= 4 is 18.3 Å². The highest BCUT2D eigenvalue weighted by molar-refractivity contribution is 5.85. The lowest BCUT2D eigenvalue weighted by molar-refractivity contribution is -0.134. The molecule has 1 N–H and O–H groups in total. The van der Waals surface area contributed by atoms with Crippen LogP contribution >= 0.6 is 12.4 Å². The molecule has 0 radical (unpaired) electrons. The van der Waals surface area contributed by atoms with E-state index in [0.717, 1.165) is 50.9 Å². The maximum absolute atomic E-state index is 13.0. The average Bonchev–Trinajstić information content (AvgIpc) is 3.22. The highest BCUT2D eigenvalue weighted by Gasteiger charge is 2.58. The van der Waals surface area contributed by atoms with E-state index in [2.05, 4.69) is 12.2 Å². The summed E-state index contributed by atoms with van der Waals surface area (Å²) in [7, 11) is 0. The summed E-state index contributed by atoms with van der Waals surface area (Å²) in [5.74, 6) is 0.280. The van der Waals surface area contributed by atoms with Crippen molar-refractivity contribution < 1.29 is 9.18 Å². The van der Waals surface area contributed by atoms with E-state index >= 15 is 0 Å². The fourth-order valence-electron chi connectivity index (χ4n) is 3.74. The third-order valence-electron chi connectivity index (χ3n) is 5.18. The van der Waals surface area contributed by atoms with E-state index in [9.17, 15) is 9.18 Å². The summed E-state index contributed by atoms with van der Waals surface area (Å²) in [5.41, 5.74) is 1.28. The van der Waals surface area contributed by atoms with Crippen molar-refractivity contribution in [3.05, 3.63) is 35.6 Å². The summed E-state index contributed by atoms with van der Waals surface area (Å²) < 4.78 is 13.0. The van der Waals surface area contributed by atoms with E-state index in [4.69, 9.17) is 0 Å². The first-order chi connectivity index (χ1) is 10.6. The number of carbonyl (C=O) groups excluding carboxylic acids is 1. The Balaban J connectivity index is 0.00000192. The molecular weight excluding hydrogens is 315 g/mol. The second-order valence-corrected chi connectivity index (χ2v) is 6.76. The zero-order valence-corrected chi connectivity index (χ0v) is 14.5. The van der Waals surface area contributed by atoms with Crippen LogP contribution in [0.2, 0.25) is 0 Å². The van der Waals surface area contributed by atoms with Gasteiger partial charge >= 0.3 is 0 Å². The van der Waals surface area contributed by atoms with Crippen LogP contribution in [0.1, 0.15) is 38.2 Å². The molecule has 1 amide bonds. The molecule has 2 aliphatic rings. The molecule has 1 saturated heterocycles. The molecule has 1 aliphatic heterocycles. The van der Waals surface area contributed by atoms with E-state index in [1.165, 1.54) is 12.1 Å². The summed E-state index contributed by atoms with van der Waals surface area (Å²) >= 11 is 0. The fourth-order valence-corrected chi connectivity index (χ4v) is 3.74. The van der Waals surface area contributed by atoms with E-state index in [0.29, 0.717) is 12.5 Å². The van der Waals surface area contributed by atoms with Gasteiger partial charge in [-0.3, -0.25) is 4.79 Å². The summed E-state index contributed by atoms with van der Waals surface area (Å²) in [6.07, 6.45) is 4.26. The molecule has 23 heavy (non-hydrogen) atoms. The van der Waals surface area contributed by atoms with Gasteiger partial charge in [0, 0.05) is 19.0 Å². The fraction of sp³-hybridized carbons (Fsp3) is 0.611. The Labute approximate surface area is 144 Å². The van der Waals surface area contributed by atoms with Gasteiger partial charge in [0.15, 0.2) is 0 Å². The number of nitrogens with one attached hydrogen (secondary N) is 1. The first-order valence-corrected chi connectivity index (χ1v) is 8.38. The number of benzene rings is 1. The molecule has 3 rings (SSSR count). The van der Waals surface area contributed by atoms with Crippen LogP contribution in [0.5, 0.6) is 0 Å². The van der Waals surface area contributed by atoms with Crippen molar-refractivity contribution in [3.8, 4) is 0 Å². The van der Waals surface area contributed by atoms with Gasteiger partial charge in [-0.25, -0.2) is 4.39 Å². The number of hydrogen-bond acceptors (Lipinski definition) is 2. The van der Waals surface area contributed by atoms with Crippen molar-refractivity contribution in [2.45, 2.75) is 39.2 Å². The Morgan fingerprint density at radius 1 is 1.30 bits per heavy atom. The zero-order chi connectivity index (χ0) is 15.6. The molecule has 1 aromatic carbocycles. The molecule has 1 atom stereocenters. The first kappa shape index (κ1) is 18.2. The first-order valence-electron chi connectivity index (χ1n) is 8.38. The molecule has 0 bridgehead atoms. The Kier molecular flexibility index (Phi) is 6.04. The van der Waals surface area contributed by atoms with Gasteiger partial charge in [-0.2, -0.15) is 0 Å². The number of carbonyl (C=O) groups is 1. The maximum Gasteiger partial charge on any atom is 0.226 e. The smallest absolute Gasteiger partial charge is 0.226 e. The quantitative estimate of drug-likeness (QED) is 0.891. The van der Waals surface area contributed by atoms with Crippen molar-refractivity contribution in [1.29, 1.82) is 0 Å². The van der Waals surface area contributed by atoms with Crippen molar-refractivity contribution in [2.75, 3.05) is 19.6 Å². The van der Waals surface area contributed by atoms with Gasteiger partial charge in [-0.05, 0) is 61.9 Å². The molecule has 1 spiro atoms. The van der Waals surface area contributed by atoms with E-state index in [1.54, 1.807) is 12.1 Å². The van der Waals surface area contributed by atoms with Crippen molar-refractivity contribution in [3.63, 3.8) is 0 Å². The molecule has 0 aromatic heterocycles. The summed E-state index contributed by atoms with van der Waals surface area (Å²) in [5, 5.41) is 3.38. The molecule has 1 heterocycles. The van der Waals surface area contributed by atoms with Gasteiger partial charge in [0.05, 0.1) is 0 Å². The minimum absolute atomic E-state index is 0. The molecule has 128 valence electrons. The molecule has 1 aliphatic carbocycles. The largest absolute Gasteiger partial charge is 0.338 e. The SMILES string of the molecule is CCCN(Cc1ccc(F)cc1)C(=O)C1CC12CCNCC2.Cl. The van der Waals surface area contributed by atoms with Crippen molar-refractivity contribution in [2.24, 2.45) is 11.3 Å². The van der Waals surface area contributed by atoms with Gasteiger partial charge < -0.3 is 10.2 Å². The standard InChI is InChI=1S/C18H25FN2O.ClH/c1-2-11-21(13-14-3-5-15(19)6-4-14)17(22)16-12-18(16)7-9-20-10-8-18;/h3-6,16,20H,2,7-13H2,1H3;1H. The van der Waals surface area contributed by atoms with Gasteiger partial charge in [0.25, 0.3) is 0 Å². The highest BCUT2D eigenvalue weighted by Crippen LogP contribution is 2.59. The zero-order valence-electron chi connectivity index (χ0n) is 13.7. The monoisotopic (exact) mass is 340 g/mol. The molecule has 1 unspecified atom stereocenters. The van der Waals surface area contributed by atoms with E-state index in [1.807, 2.05) is 4.90 Å². The third kappa shape index (κ3) is 4.04. The average molecular weight is 341 g/mol. The lowest BCUT2D eigenvalue weighted by Crippen LogP contribution is -2.36. The van der Waals surface area contributed by atoms with Crippen LogP contribution in [-0.2, 0) is 11.3 Å². The van der Waals surface area contributed by atoms with Crippen LogP contribution in [0.15, 0.2) is 24.3 Å². The number of nitrogens with zero attached hydrogens (tertiary/aromatic N) is 1. The minimum atomic E-state index is -0.229. The number of piperidine rings is 1. The normalized spacial score (nSPS) is 21.6. The predicted molar refractivity (Wildman–Crippen MR) is 92.0 cm³/mol. The molecule has 1 saturated carbocycles. The second-order valence-electron chi connectivity index (χ2n) is 6.76. The summed E-state index contributed by atoms with van der Waals surface area (Å²) in [6.45, 7) is 5.54. The third-order valence-corrected chi connectivity index (χ3v) is 5.18. The van der Waals surface area contributed by atoms with E-state index < -0.39 is 0 Å². The minimum Gasteiger partial charge on any atom is -0.338 e. The lowest BCUT2D eigenvalue weighted by Gasteiger charge is -2.27. The number of amides is 1. The lowest BCUT2D eigenvalue weighted by atomic mass is 9.91. The maximum atomic E-state index is 13.0. The van der Waals surface area contributed by atoms with Gasteiger partial charge in [0.2, 0.25) is 5.91 Å². The predicted octanol–water partition coefficient (Wildman–Crippen LogP) is 3.38. The van der Waals surface area contributed by atoms with Crippen LogP contribution < -0.4 is 5.32 Å². The van der Waals surface area contributed by atoms with Crippen LogP contribution in [0.3, 0.4) is 0 Å². The second kappa shape index (κ2) is 7.63. The molecular formula is C18H26ClFN2O. The Hall–Kier alpha value is -1.13. The van der Waals surface area contributed by atoms with Gasteiger partial charge in [-0.15, -0.1) is 12.4 Å². The molecule has 1 aromatic rings. The van der Waals surface area contributed by atoms with Crippen molar-refractivity contribution in [1.82, 2.24) is 10.2 Å². The van der Waals surface area contributed by atoms with Crippen LogP contribution in [0.25, 0.3) is 0 Å². The van der Waals surface area contributed by atoms with E-state index in [-0.39, 0.29) is 29.6 Å². The van der Waals surface area contributed by atoms with Crippen LogP contribution in [-0.4, -0.2) is 30.4 Å². The Bertz CT molecular complexity index is 528. The number of hydrogen-bond donors (Lipinski definition) is 1. The topological polar surface area (TPSA) is 32.3 Å². The summed E-state index contributed by atoms with van der Waals surface area (Å²) in [6, 6.07) is 6.49. The number of halogens is 2. The van der Waals surface area contributed by atoms with Gasteiger partial charge in [-0.1, -0.05) is 19.1 Å². The van der Waals surface area contributed by atoms with Gasteiger partial charge in [0.1, 0.15) is 5.82 Å². The molecule has 2 fully saturated rings.